The fraction of sp³-hybridized carbons (Fsp3) is 0.188. The number of nitrogens with zero attached hydrogens (tertiary/aromatic N) is 2. The molecule has 3 aromatic rings. The van der Waals surface area contributed by atoms with Crippen LogP contribution in [-0.4, -0.2) is 26.8 Å². The standard InChI is InChI=1S/C16H16N4OS2/c1-2-11-3-5-13(6-4-11)17-14(21)10-23-16-18-15(19-20-16)12-7-8-22-9-12/h3-9H,2,10H2,1H3,(H,17,21)(H,18,19,20). The maximum absolute atomic E-state index is 12.0. The second-order valence-electron chi connectivity index (χ2n) is 4.88. The molecule has 0 saturated carbocycles. The highest BCUT2D eigenvalue weighted by Gasteiger charge is 2.09. The highest BCUT2D eigenvalue weighted by Crippen LogP contribution is 2.21. The first-order valence-electron chi connectivity index (χ1n) is 7.21. The van der Waals surface area contributed by atoms with E-state index >= 15 is 0 Å². The Balaban J connectivity index is 1.52. The second kappa shape index (κ2) is 7.43. The van der Waals surface area contributed by atoms with Gasteiger partial charge in [0, 0.05) is 16.6 Å². The summed E-state index contributed by atoms with van der Waals surface area (Å²) in [5.41, 5.74) is 3.07. The number of amides is 1. The van der Waals surface area contributed by atoms with Crippen molar-refractivity contribution in [1.29, 1.82) is 0 Å². The van der Waals surface area contributed by atoms with Gasteiger partial charge in [-0.25, -0.2) is 0 Å². The van der Waals surface area contributed by atoms with Gasteiger partial charge in [-0.1, -0.05) is 30.8 Å². The van der Waals surface area contributed by atoms with E-state index in [0.717, 1.165) is 23.5 Å². The first-order chi connectivity index (χ1) is 11.2. The van der Waals surface area contributed by atoms with Crippen molar-refractivity contribution < 1.29 is 4.79 Å². The summed E-state index contributed by atoms with van der Waals surface area (Å²) in [4.78, 5) is 15.1. The van der Waals surface area contributed by atoms with Crippen molar-refractivity contribution in [3.05, 3.63) is 46.7 Å². The Labute approximate surface area is 142 Å². The van der Waals surface area contributed by atoms with Crippen LogP contribution >= 0.6 is 23.1 Å². The van der Waals surface area contributed by atoms with Crippen molar-refractivity contribution in [3.63, 3.8) is 0 Å². The normalized spacial score (nSPS) is 10.7. The third-order valence-electron chi connectivity index (χ3n) is 3.25. The lowest BCUT2D eigenvalue weighted by atomic mass is 10.1. The number of aromatic amines is 1. The van der Waals surface area contributed by atoms with Crippen molar-refractivity contribution >= 4 is 34.7 Å². The Morgan fingerprint density at radius 2 is 2.09 bits per heavy atom. The van der Waals surface area contributed by atoms with Crippen LogP contribution in [0.3, 0.4) is 0 Å². The number of thioether (sulfide) groups is 1. The minimum Gasteiger partial charge on any atom is -0.325 e. The number of anilines is 1. The van der Waals surface area contributed by atoms with Gasteiger partial charge in [0.05, 0.1) is 5.75 Å². The molecule has 0 aliphatic carbocycles. The first-order valence-corrected chi connectivity index (χ1v) is 9.14. The number of benzene rings is 1. The Morgan fingerprint density at radius 1 is 1.26 bits per heavy atom. The zero-order valence-corrected chi connectivity index (χ0v) is 14.2. The summed E-state index contributed by atoms with van der Waals surface area (Å²) in [6.45, 7) is 2.10. The van der Waals surface area contributed by atoms with E-state index in [9.17, 15) is 4.79 Å². The lowest BCUT2D eigenvalue weighted by Crippen LogP contribution is -2.14. The molecule has 118 valence electrons. The Hall–Kier alpha value is -2.12. The molecule has 7 heteroatoms. The fourth-order valence-electron chi connectivity index (χ4n) is 2.00. The van der Waals surface area contributed by atoms with Crippen molar-refractivity contribution in [3.8, 4) is 11.4 Å². The summed E-state index contributed by atoms with van der Waals surface area (Å²) in [6, 6.07) is 9.86. The van der Waals surface area contributed by atoms with E-state index in [0.29, 0.717) is 5.16 Å². The topological polar surface area (TPSA) is 70.7 Å². The molecule has 0 atom stereocenters. The van der Waals surface area contributed by atoms with Crippen LogP contribution in [0.4, 0.5) is 5.69 Å². The van der Waals surface area contributed by atoms with Gasteiger partial charge in [0.15, 0.2) is 11.0 Å². The maximum atomic E-state index is 12.0. The highest BCUT2D eigenvalue weighted by molar-refractivity contribution is 7.99. The number of aromatic nitrogens is 3. The van der Waals surface area contributed by atoms with Crippen molar-refractivity contribution in [2.24, 2.45) is 0 Å². The minimum atomic E-state index is -0.0623. The molecule has 2 heterocycles. The van der Waals surface area contributed by atoms with Gasteiger partial charge < -0.3 is 10.3 Å². The van der Waals surface area contributed by atoms with Crippen molar-refractivity contribution in [2.45, 2.75) is 18.5 Å². The average molecular weight is 344 g/mol. The van der Waals surface area contributed by atoms with Crippen LogP contribution in [0.25, 0.3) is 11.4 Å². The van der Waals surface area contributed by atoms with Crippen LogP contribution in [0.15, 0.2) is 46.2 Å². The number of aryl methyl sites for hydroxylation is 1. The molecule has 3 rings (SSSR count). The smallest absolute Gasteiger partial charge is 0.234 e. The number of carbonyl (C=O) groups is 1. The summed E-state index contributed by atoms with van der Waals surface area (Å²) in [5.74, 6) is 0.949. The van der Waals surface area contributed by atoms with Gasteiger partial charge in [-0.2, -0.15) is 11.3 Å². The van der Waals surface area contributed by atoms with E-state index in [1.54, 1.807) is 11.3 Å². The lowest BCUT2D eigenvalue weighted by molar-refractivity contribution is -0.113. The van der Waals surface area contributed by atoms with Gasteiger partial charge >= 0.3 is 0 Å². The van der Waals surface area contributed by atoms with Gasteiger partial charge in [0.2, 0.25) is 5.91 Å². The van der Waals surface area contributed by atoms with E-state index in [-0.39, 0.29) is 11.7 Å². The van der Waals surface area contributed by atoms with E-state index in [2.05, 4.69) is 27.4 Å². The van der Waals surface area contributed by atoms with E-state index in [1.807, 2.05) is 41.1 Å². The number of thiophene rings is 1. The number of nitrogens with one attached hydrogen (secondary N) is 2. The molecule has 2 N–H and O–H groups in total. The Kier molecular flexibility index (Phi) is 5.09. The SMILES string of the molecule is CCc1ccc(NC(=O)CSc2nnc(-c3ccsc3)[nH]2)cc1. The average Bonchev–Trinajstić information content (AvgIpc) is 3.25. The van der Waals surface area contributed by atoms with E-state index < -0.39 is 0 Å². The summed E-state index contributed by atoms with van der Waals surface area (Å²) in [5, 5.41) is 15.7. The third kappa shape index (κ3) is 4.20. The van der Waals surface area contributed by atoms with Crippen molar-refractivity contribution in [2.75, 3.05) is 11.1 Å². The van der Waals surface area contributed by atoms with Crippen LogP contribution in [0.2, 0.25) is 0 Å². The largest absolute Gasteiger partial charge is 0.325 e. The van der Waals surface area contributed by atoms with Crippen LogP contribution in [0, 0.1) is 0 Å². The molecule has 2 aromatic heterocycles. The summed E-state index contributed by atoms with van der Waals surface area (Å²) >= 11 is 2.94. The van der Waals surface area contributed by atoms with Gasteiger partial charge in [-0.05, 0) is 35.6 Å². The first kappa shape index (κ1) is 15.8. The molecule has 0 fully saturated rings. The number of carbonyl (C=O) groups excluding carboxylic acids is 1. The lowest BCUT2D eigenvalue weighted by Gasteiger charge is -2.05. The highest BCUT2D eigenvalue weighted by atomic mass is 32.2. The summed E-state index contributed by atoms with van der Waals surface area (Å²) < 4.78 is 0. The van der Waals surface area contributed by atoms with E-state index in [1.165, 1.54) is 17.3 Å². The predicted octanol–water partition coefficient (Wildman–Crippen LogP) is 3.83. The van der Waals surface area contributed by atoms with Crippen molar-refractivity contribution in [1.82, 2.24) is 15.2 Å². The molecule has 0 aliphatic heterocycles. The number of hydrogen-bond acceptors (Lipinski definition) is 5. The quantitative estimate of drug-likeness (QED) is 0.667. The van der Waals surface area contributed by atoms with Crippen LogP contribution in [0.1, 0.15) is 12.5 Å². The second-order valence-corrected chi connectivity index (χ2v) is 6.62. The Bertz CT molecular complexity index is 766. The summed E-state index contributed by atoms with van der Waals surface area (Å²) in [6.07, 6.45) is 0.988. The Morgan fingerprint density at radius 3 is 2.78 bits per heavy atom. The molecule has 23 heavy (non-hydrogen) atoms. The van der Waals surface area contributed by atoms with Gasteiger partial charge in [-0.15, -0.1) is 10.2 Å². The van der Waals surface area contributed by atoms with Gasteiger partial charge in [0.25, 0.3) is 0 Å². The molecule has 0 aliphatic rings. The van der Waals surface area contributed by atoms with Gasteiger partial charge in [0.1, 0.15) is 0 Å². The molecule has 0 unspecified atom stereocenters. The molecule has 1 amide bonds. The predicted molar refractivity (Wildman–Crippen MR) is 94.9 cm³/mol. The molecule has 1 aromatic carbocycles. The molecular formula is C16H16N4OS2. The fourth-order valence-corrected chi connectivity index (χ4v) is 3.24. The number of H-pyrrole nitrogens is 1. The maximum Gasteiger partial charge on any atom is 0.234 e. The van der Waals surface area contributed by atoms with Crippen LogP contribution in [-0.2, 0) is 11.2 Å². The van der Waals surface area contributed by atoms with Crippen LogP contribution in [0.5, 0.6) is 0 Å². The molecular weight excluding hydrogens is 328 g/mol. The zero-order valence-electron chi connectivity index (χ0n) is 12.6. The van der Waals surface area contributed by atoms with Gasteiger partial charge in [-0.3, -0.25) is 4.79 Å². The number of hydrogen-bond donors (Lipinski definition) is 2. The molecule has 0 spiro atoms. The molecule has 5 nitrogen and oxygen atoms in total. The molecule has 0 radical (unpaired) electrons. The third-order valence-corrected chi connectivity index (χ3v) is 4.79. The summed E-state index contributed by atoms with van der Waals surface area (Å²) in [7, 11) is 0. The van der Waals surface area contributed by atoms with E-state index in [4.69, 9.17) is 0 Å². The zero-order chi connectivity index (χ0) is 16.1. The minimum absolute atomic E-state index is 0.0623. The molecule has 0 saturated heterocycles. The van der Waals surface area contributed by atoms with Crippen LogP contribution < -0.4 is 5.32 Å². The number of rotatable bonds is 6. The monoisotopic (exact) mass is 344 g/mol. The molecule has 0 bridgehead atoms.